The first kappa shape index (κ1) is 19.7. The molecule has 0 saturated carbocycles. The molecule has 1 heterocycles. The molecule has 0 aliphatic carbocycles. The summed E-state index contributed by atoms with van der Waals surface area (Å²) in [6.45, 7) is 1.96. The molecule has 0 aliphatic rings. The molecule has 0 radical (unpaired) electrons. The highest BCUT2D eigenvalue weighted by molar-refractivity contribution is 6.01. The lowest BCUT2D eigenvalue weighted by Gasteiger charge is -2.13. The van der Waals surface area contributed by atoms with Crippen LogP contribution in [0.5, 0.6) is 5.75 Å². The molecule has 0 fully saturated rings. The van der Waals surface area contributed by atoms with E-state index in [1.54, 1.807) is 25.1 Å². The summed E-state index contributed by atoms with van der Waals surface area (Å²) in [5.74, 6) is -0.0649. The van der Waals surface area contributed by atoms with Crippen molar-refractivity contribution < 1.29 is 19.2 Å². The van der Waals surface area contributed by atoms with Crippen LogP contribution in [-0.4, -0.2) is 34.6 Å². The topological polar surface area (TPSA) is 130 Å². The fourth-order valence-corrected chi connectivity index (χ4v) is 2.91. The van der Waals surface area contributed by atoms with E-state index in [-0.39, 0.29) is 18.2 Å². The molecule has 0 atom stereocenters. The van der Waals surface area contributed by atoms with Crippen LogP contribution >= 0.6 is 0 Å². The van der Waals surface area contributed by atoms with Crippen LogP contribution in [0, 0.1) is 10.1 Å². The molecule has 29 heavy (non-hydrogen) atoms. The first-order valence-electron chi connectivity index (χ1n) is 8.67. The predicted octanol–water partition coefficient (Wildman–Crippen LogP) is 3.37. The Bertz CT molecular complexity index is 1130. The number of methoxy groups -OCH3 is 1. The summed E-state index contributed by atoms with van der Waals surface area (Å²) in [6.07, 6.45) is 4.34. The van der Waals surface area contributed by atoms with Gasteiger partial charge in [-0.15, -0.1) is 0 Å². The third-order valence-corrected chi connectivity index (χ3v) is 4.13. The van der Waals surface area contributed by atoms with E-state index in [9.17, 15) is 14.9 Å². The number of benzene rings is 2. The van der Waals surface area contributed by atoms with Crippen molar-refractivity contribution in [1.29, 1.82) is 0 Å². The van der Waals surface area contributed by atoms with Crippen molar-refractivity contribution in [3.63, 3.8) is 0 Å². The number of hydrogen-bond acceptors (Lipinski definition) is 8. The van der Waals surface area contributed by atoms with Crippen molar-refractivity contribution >= 4 is 34.6 Å². The van der Waals surface area contributed by atoms with Gasteiger partial charge in [0.1, 0.15) is 5.52 Å². The number of carbonyl (C=O) groups excluding carboxylic acids is 1. The highest BCUT2D eigenvalue weighted by Gasteiger charge is 2.17. The van der Waals surface area contributed by atoms with Crippen LogP contribution in [0.4, 0.5) is 11.6 Å². The van der Waals surface area contributed by atoms with Gasteiger partial charge in [-0.2, -0.15) is 0 Å². The van der Waals surface area contributed by atoms with E-state index in [1.165, 1.54) is 37.6 Å². The van der Waals surface area contributed by atoms with Crippen LogP contribution in [0.1, 0.15) is 12.5 Å². The summed E-state index contributed by atoms with van der Waals surface area (Å²) in [5.41, 5.74) is 7.88. The Labute approximate surface area is 165 Å². The van der Waals surface area contributed by atoms with Crippen LogP contribution in [0.3, 0.4) is 0 Å². The highest BCUT2D eigenvalue weighted by Crippen LogP contribution is 2.38. The smallest absolute Gasteiger partial charge is 0.330 e. The average Bonchev–Trinajstić information content (AvgIpc) is 2.71. The molecule has 0 spiro atoms. The summed E-state index contributed by atoms with van der Waals surface area (Å²) in [6, 6.07) is 7.94. The summed E-state index contributed by atoms with van der Waals surface area (Å²) < 4.78 is 10.4. The minimum absolute atomic E-state index is 0.0484. The number of anilines is 1. The Hall–Kier alpha value is -4.01. The lowest BCUT2D eigenvalue weighted by Crippen LogP contribution is -2.01. The fourth-order valence-electron chi connectivity index (χ4n) is 2.91. The van der Waals surface area contributed by atoms with Crippen LogP contribution in [-0.2, 0) is 9.53 Å². The number of carbonyl (C=O) groups is 1. The van der Waals surface area contributed by atoms with Gasteiger partial charge in [-0.1, -0.05) is 12.1 Å². The highest BCUT2D eigenvalue weighted by atomic mass is 16.6. The van der Waals surface area contributed by atoms with E-state index in [2.05, 4.69) is 9.97 Å². The van der Waals surface area contributed by atoms with E-state index in [4.69, 9.17) is 15.2 Å². The molecule has 9 nitrogen and oxygen atoms in total. The molecule has 0 unspecified atom stereocenters. The number of nitro benzene ring substituents is 1. The van der Waals surface area contributed by atoms with Crippen LogP contribution < -0.4 is 10.5 Å². The van der Waals surface area contributed by atoms with Crippen molar-refractivity contribution in [1.82, 2.24) is 9.97 Å². The van der Waals surface area contributed by atoms with E-state index in [0.717, 1.165) is 0 Å². The van der Waals surface area contributed by atoms with Gasteiger partial charge in [0.2, 0.25) is 5.95 Å². The van der Waals surface area contributed by atoms with Gasteiger partial charge in [-0.05, 0) is 30.2 Å². The van der Waals surface area contributed by atoms with Gasteiger partial charge in [-0.25, -0.2) is 14.8 Å². The number of nitrogens with zero attached hydrogens (tertiary/aromatic N) is 3. The standard InChI is InChI=1S/C20H18N4O5/c1-3-29-17(25)8-7-13-10-15(12-5-4-6-14(9-12)24(26)27)16-11-22-20(21)23-18(16)19(13)28-2/h4-11H,3H2,1-2H3,(H2,21,22,23). The maximum Gasteiger partial charge on any atom is 0.330 e. The fraction of sp³-hybridized carbons (Fsp3) is 0.150. The van der Waals surface area contributed by atoms with Crippen molar-refractivity contribution in [2.45, 2.75) is 6.92 Å². The molecule has 0 saturated heterocycles. The Morgan fingerprint density at radius 3 is 2.83 bits per heavy atom. The monoisotopic (exact) mass is 394 g/mol. The van der Waals surface area contributed by atoms with E-state index in [0.29, 0.717) is 33.3 Å². The van der Waals surface area contributed by atoms with Crippen molar-refractivity contribution in [2.75, 3.05) is 19.5 Å². The number of aromatic nitrogens is 2. The normalized spacial score (nSPS) is 11.0. The third kappa shape index (κ3) is 4.13. The van der Waals surface area contributed by atoms with Crippen LogP contribution in [0.2, 0.25) is 0 Å². The van der Waals surface area contributed by atoms with Crippen molar-refractivity contribution in [2.24, 2.45) is 0 Å². The third-order valence-electron chi connectivity index (χ3n) is 4.13. The maximum absolute atomic E-state index is 11.7. The second-order valence-electron chi connectivity index (χ2n) is 5.93. The number of hydrogen-bond donors (Lipinski definition) is 1. The van der Waals surface area contributed by atoms with Crippen molar-refractivity contribution in [3.05, 3.63) is 58.3 Å². The molecule has 148 valence electrons. The number of nitro groups is 1. The van der Waals surface area contributed by atoms with Gasteiger partial charge in [0.15, 0.2) is 5.75 Å². The second kappa shape index (κ2) is 8.34. The zero-order valence-electron chi connectivity index (χ0n) is 15.8. The number of non-ortho nitro benzene ring substituents is 1. The minimum atomic E-state index is -0.506. The quantitative estimate of drug-likeness (QED) is 0.291. The van der Waals surface area contributed by atoms with Gasteiger partial charge in [0.05, 0.1) is 18.6 Å². The molecular formula is C20H18N4O5. The predicted molar refractivity (Wildman–Crippen MR) is 108 cm³/mol. The molecule has 0 aliphatic heterocycles. The Kier molecular flexibility index (Phi) is 5.68. The molecule has 3 rings (SSSR count). The maximum atomic E-state index is 11.7. The number of fused-ring (bicyclic) bond motifs is 1. The summed E-state index contributed by atoms with van der Waals surface area (Å²) in [5, 5.41) is 11.8. The summed E-state index contributed by atoms with van der Waals surface area (Å²) >= 11 is 0. The number of nitrogen functional groups attached to an aromatic ring is 1. The van der Waals surface area contributed by atoms with Gasteiger partial charge in [-0.3, -0.25) is 10.1 Å². The van der Waals surface area contributed by atoms with E-state index in [1.807, 2.05) is 0 Å². The molecule has 2 N–H and O–H groups in total. The van der Waals surface area contributed by atoms with E-state index >= 15 is 0 Å². The number of rotatable bonds is 6. The van der Waals surface area contributed by atoms with Crippen molar-refractivity contribution in [3.8, 4) is 16.9 Å². The van der Waals surface area contributed by atoms with E-state index < -0.39 is 10.9 Å². The van der Waals surface area contributed by atoms with Gasteiger partial charge in [0, 0.05) is 35.4 Å². The summed E-state index contributed by atoms with van der Waals surface area (Å²) in [4.78, 5) is 30.8. The zero-order chi connectivity index (χ0) is 21.0. The number of nitrogens with two attached hydrogens (primary N) is 1. The Balaban J connectivity index is 2.28. The lowest BCUT2D eigenvalue weighted by atomic mass is 9.97. The molecule has 9 heteroatoms. The number of esters is 1. The zero-order valence-corrected chi connectivity index (χ0v) is 15.8. The van der Waals surface area contributed by atoms with Gasteiger partial charge >= 0.3 is 5.97 Å². The summed E-state index contributed by atoms with van der Waals surface area (Å²) in [7, 11) is 1.47. The minimum Gasteiger partial charge on any atom is -0.494 e. The molecule has 0 bridgehead atoms. The first-order valence-corrected chi connectivity index (χ1v) is 8.67. The largest absolute Gasteiger partial charge is 0.494 e. The molecule has 3 aromatic rings. The lowest BCUT2D eigenvalue weighted by molar-refractivity contribution is -0.384. The molecule has 0 amide bonds. The first-order chi connectivity index (χ1) is 13.9. The van der Waals surface area contributed by atoms with Gasteiger partial charge in [0.25, 0.3) is 5.69 Å². The van der Waals surface area contributed by atoms with Gasteiger partial charge < -0.3 is 15.2 Å². The van der Waals surface area contributed by atoms with Crippen LogP contribution in [0.15, 0.2) is 42.6 Å². The molecule has 2 aromatic carbocycles. The van der Waals surface area contributed by atoms with Crippen LogP contribution in [0.25, 0.3) is 28.1 Å². The second-order valence-corrected chi connectivity index (χ2v) is 5.93. The molecular weight excluding hydrogens is 376 g/mol. The average molecular weight is 394 g/mol. The molecule has 1 aromatic heterocycles. The SMILES string of the molecule is CCOC(=O)C=Cc1cc(-c2cccc([N+](=O)[O-])c2)c2cnc(N)nc2c1OC. The Morgan fingerprint density at radius 1 is 1.34 bits per heavy atom. The number of ether oxygens (including phenoxy) is 2. The Morgan fingerprint density at radius 2 is 2.14 bits per heavy atom.